The summed E-state index contributed by atoms with van der Waals surface area (Å²) in [5.41, 5.74) is 1.60. The Morgan fingerprint density at radius 2 is 2.24 bits per heavy atom. The number of carbonyl (C=O) groups is 1. The van der Waals surface area contributed by atoms with Gasteiger partial charge in [-0.15, -0.1) is 0 Å². The number of benzene rings is 1. The van der Waals surface area contributed by atoms with Crippen molar-refractivity contribution >= 4 is 11.7 Å². The minimum Gasteiger partial charge on any atom is -0.340 e. The van der Waals surface area contributed by atoms with Crippen LogP contribution in [0.5, 0.6) is 0 Å². The van der Waals surface area contributed by atoms with Gasteiger partial charge in [0.1, 0.15) is 5.82 Å². The number of imidazole rings is 1. The fourth-order valence-electron chi connectivity index (χ4n) is 2.51. The summed E-state index contributed by atoms with van der Waals surface area (Å²) < 4.78 is 6.89. The minimum absolute atomic E-state index is 0.310. The second-order valence-electron chi connectivity index (χ2n) is 5.67. The van der Waals surface area contributed by atoms with E-state index in [2.05, 4.69) is 25.8 Å². The molecule has 2 amide bonds. The molecule has 0 aliphatic rings. The van der Waals surface area contributed by atoms with Crippen molar-refractivity contribution < 1.29 is 9.32 Å². The van der Waals surface area contributed by atoms with Gasteiger partial charge in [-0.3, -0.25) is 0 Å². The zero-order valence-electron chi connectivity index (χ0n) is 14.4. The Kier molecular flexibility index (Phi) is 4.78. The van der Waals surface area contributed by atoms with Gasteiger partial charge >= 0.3 is 6.03 Å². The standard InChI is InChI=1S/C17H20N6O2/c1-4-14(15-19-11(2)25-22-15)21-17(24)20-13-7-5-6-12(10-13)16-18-8-9-23(16)3/h5-10,14H,4H2,1-3H3,(H2,20,21,24)/t14-/m0/s1. The van der Waals surface area contributed by atoms with Gasteiger partial charge in [0.2, 0.25) is 5.89 Å². The molecule has 0 aliphatic heterocycles. The summed E-state index contributed by atoms with van der Waals surface area (Å²) >= 11 is 0. The molecule has 0 saturated heterocycles. The maximum Gasteiger partial charge on any atom is 0.319 e. The molecule has 2 N–H and O–H groups in total. The molecule has 0 unspecified atom stereocenters. The van der Waals surface area contributed by atoms with Gasteiger partial charge in [0.05, 0.1) is 6.04 Å². The summed E-state index contributed by atoms with van der Waals surface area (Å²) in [5, 5.41) is 9.55. The van der Waals surface area contributed by atoms with Crippen LogP contribution < -0.4 is 10.6 Å². The van der Waals surface area contributed by atoms with Crippen LogP contribution in [0.4, 0.5) is 10.5 Å². The van der Waals surface area contributed by atoms with E-state index in [4.69, 9.17) is 4.52 Å². The molecular weight excluding hydrogens is 320 g/mol. The van der Waals surface area contributed by atoms with Crippen molar-refractivity contribution in [3.05, 3.63) is 48.4 Å². The Morgan fingerprint density at radius 3 is 2.88 bits per heavy atom. The van der Waals surface area contributed by atoms with Gasteiger partial charge < -0.3 is 19.7 Å². The highest BCUT2D eigenvalue weighted by Gasteiger charge is 2.18. The summed E-state index contributed by atoms with van der Waals surface area (Å²) in [6, 6.07) is 6.88. The lowest BCUT2D eigenvalue weighted by atomic mass is 10.2. The number of hydrogen-bond donors (Lipinski definition) is 2. The number of aromatic nitrogens is 4. The highest BCUT2D eigenvalue weighted by Crippen LogP contribution is 2.21. The van der Waals surface area contributed by atoms with Crippen LogP contribution in [0.1, 0.15) is 31.1 Å². The summed E-state index contributed by atoms with van der Waals surface area (Å²) in [5.74, 6) is 1.77. The molecule has 2 heterocycles. The van der Waals surface area contributed by atoms with Crippen LogP contribution >= 0.6 is 0 Å². The SMILES string of the molecule is CC[C@H](NC(=O)Nc1cccc(-c2nccn2C)c1)c1noc(C)n1. The second-order valence-corrected chi connectivity index (χ2v) is 5.67. The molecule has 0 aliphatic carbocycles. The zero-order valence-corrected chi connectivity index (χ0v) is 14.4. The fourth-order valence-corrected chi connectivity index (χ4v) is 2.51. The van der Waals surface area contributed by atoms with Crippen LogP contribution in [-0.2, 0) is 7.05 Å². The zero-order chi connectivity index (χ0) is 17.8. The van der Waals surface area contributed by atoms with Crippen molar-refractivity contribution in [3.8, 4) is 11.4 Å². The third-order valence-corrected chi connectivity index (χ3v) is 3.77. The summed E-state index contributed by atoms with van der Waals surface area (Å²) in [4.78, 5) is 20.8. The molecular formula is C17H20N6O2. The first-order chi connectivity index (χ1) is 12.1. The Morgan fingerprint density at radius 1 is 1.40 bits per heavy atom. The van der Waals surface area contributed by atoms with Gasteiger partial charge in [-0.05, 0) is 18.6 Å². The molecule has 2 aromatic heterocycles. The van der Waals surface area contributed by atoms with Crippen LogP contribution in [0, 0.1) is 6.92 Å². The summed E-state index contributed by atoms with van der Waals surface area (Å²) in [6.45, 7) is 3.66. The quantitative estimate of drug-likeness (QED) is 0.744. The molecule has 0 fully saturated rings. The van der Waals surface area contributed by atoms with Crippen molar-refractivity contribution in [2.45, 2.75) is 26.3 Å². The average Bonchev–Trinajstić information content (AvgIpc) is 3.21. The van der Waals surface area contributed by atoms with E-state index in [1.165, 1.54) is 0 Å². The number of rotatable bonds is 5. The lowest BCUT2D eigenvalue weighted by Gasteiger charge is -2.14. The third-order valence-electron chi connectivity index (χ3n) is 3.77. The number of hydrogen-bond acceptors (Lipinski definition) is 5. The number of amides is 2. The van der Waals surface area contributed by atoms with Crippen molar-refractivity contribution in [2.75, 3.05) is 5.32 Å². The molecule has 8 nitrogen and oxygen atoms in total. The Bertz CT molecular complexity index is 869. The first kappa shape index (κ1) is 16.7. The number of aryl methyl sites for hydroxylation is 2. The van der Waals surface area contributed by atoms with Crippen LogP contribution in [-0.4, -0.2) is 25.7 Å². The first-order valence-corrected chi connectivity index (χ1v) is 8.02. The molecule has 0 saturated carbocycles. The van der Waals surface area contributed by atoms with E-state index in [0.717, 1.165) is 11.4 Å². The predicted molar refractivity (Wildman–Crippen MR) is 92.9 cm³/mol. The van der Waals surface area contributed by atoms with E-state index in [1.54, 1.807) is 13.1 Å². The molecule has 1 atom stereocenters. The molecule has 0 spiro atoms. The van der Waals surface area contributed by atoms with Gasteiger partial charge in [0.25, 0.3) is 0 Å². The fraction of sp³-hybridized carbons (Fsp3) is 0.294. The highest BCUT2D eigenvalue weighted by atomic mass is 16.5. The lowest BCUT2D eigenvalue weighted by Crippen LogP contribution is -2.32. The van der Waals surface area contributed by atoms with E-state index < -0.39 is 0 Å². The van der Waals surface area contributed by atoms with Gasteiger partial charge in [0, 0.05) is 37.6 Å². The smallest absolute Gasteiger partial charge is 0.319 e. The first-order valence-electron chi connectivity index (χ1n) is 8.02. The number of anilines is 1. The molecule has 1 aromatic carbocycles. The third kappa shape index (κ3) is 3.85. The summed E-state index contributed by atoms with van der Waals surface area (Å²) in [7, 11) is 1.92. The van der Waals surface area contributed by atoms with Crippen molar-refractivity contribution in [2.24, 2.45) is 7.05 Å². The van der Waals surface area contributed by atoms with E-state index >= 15 is 0 Å². The van der Waals surface area contributed by atoms with Crippen molar-refractivity contribution in [1.82, 2.24) is 25.0 Å². The van der Waals surface area contributed by atoms with E-state index in [1.807, 2.05) is 49.0 Å². The molecule has 3 rings (SSSR count). The Hall–Kier alpha value is -3.16. The summed E-state index contributed by atoms with van der Waals surface area (Å²) in [6.07, 6.45) is 4.27. The van der Waals surface area contributed by atoms with Gasteiger partial charge in [-0.2, -0.15) is 4.98 Å². The molecule has 0 bridgehead atoms. The van der Waals surface area contributed by atoms with Crippen LogP contribution in [0.25, 0.3) is 11.4 Å². The van der Waals surface area contributed by atoms with Crippen molar-refractivity contribution in [3.63, 3.8) is 0 Å². The van der Waals surface area contributed by atoms with Gasteiger partial charge in [-0.25, -0.2) is 9.78 Å². The van der Waals surface area contributed by atoms with Crippen LogP contribution in [0.15, 0.2) is 41.2 Å². The number of urea groups is 1. The number of nitrogens with zero attached hydrogens (tertiary/aromatic N) is 4. The molecule has 0 radical (unpaired) electrons. The highest BCUT2D eigenvalue weighted by molar-refractivity contribution is 5.90. The van der Waals surface area contributed by atoms with Gasteiger partial charge in [-0.1, -0.05) is 24.2 Å². The molecule has 25 heavy (non-hydrogen) atoms. The predicted octanol–water partition coefficient (Wildman–Crippen LogP) is 3.05. The maximum absolute atomic E-state index is 12.3. The minimum atomic E-state index is -0.328. The van der Waals surface area contributed by atoms with Crippen LogP contribution in [0.3, 0.4) is 0 Å². The monoisotopic (exact) mass is 340 g/mol. The molecule has 3 aromatic rings. The average molecular weight is 340 g/mol. The largest absolute Gasteiger partial charge is 0.340 e. The molecule has 130 valence electrons. The van der Waals surface area contributed by atoms with E-state index in [0.29, 0.717) is 23.8 Å². The Labute approximate surface area is 145 Å². The number of nitrogens with one attached hydrogen (secondary N) is 2. The Balaban J connectivity index is 1.69. The topological polar surface area (TPSA) is 97.9 Å². The van der Waals surface area contributed by atoms with Crippen molar-refractivity contribution in [1.29, 1.82) is 0 Å². The van der Waals surface area contributed by atoms with E-state index in [9.17, 15) is 4.79 Å². The van der Waals surface area contributed by atoms with Crippen LogP contribution in [0.2, 0.25) is 0 Å². The van der Waals surface area contributed by atoms with E-state index in [-0.39, 0.29) is 12.1 Å². The maximum atomic E-state index is 12.3. The normalized spacial score (nSPS) is 12.0. The second kappa shape index (κ2) is 7.16. The van der Waals surface area contributed by atoms with Gasteiger partial charge in [0.15, 0.2) is 5.82 Å². The lowest BCUT2D eigenvalue weighted by molar-refractivity contribution is 0.247. The molecule has 8 heteroatoms. The number of carbonyl (C=O) groups excluding carboxylic acids is 1.